The lowest BCUT2D eigenvalue weighted by Crippen LogP contribution is -2.33. The highest BCUT2D eigenvalue weighted by Gasteiger charge is 2.28. The van der Waals surface area contributed by atoms with Crippen LogP contribution in [0, 0.1) is 0 Å². The molecule has 0 aromatic heterocycles. The third-order valence-corrected chi connectivity index (χ3v) is 2.90. The molecule has 0 amide bonds. The normalized spacial score (nSPS) is 13.8. The Hall–Kier alpha value is -0.300. The Balaban J connectivity index is 2.82. The Kier molecular flexibility index (Phi) is 5.24. The number of hydrogen-bond donors (Lipinski definition) is 2. The largest absolute Gasteiger partial charge is 0.401 e. The molecule has 0 radical (unpaired) electrons. The quantitative estimate of drug-likeness (QED) is 0.887. The van der Waals surface area contributed by atoms with Crippen molar-refractivity contribution in [1.29, 1.82) is 0 Å². The number of rotatable bonds is 4. The van der Waals surface area contributed by atoms with Gasteiger partial charge in [-0.15, -0.1) is 0 Å². The van der Waals surface area contributed by atoms with E-state index < -0.39 is 25.4 Å². The second kappa shape index (κ2) is 6.04. The van der Waals surface area contributed by atoms with E-state index in [1.807, 2.05) is 0 Å². The van der Waals surface area contributed by atoms with Gasteiger partial charge in [0.25, 0.3) is 0 Å². The van der Waals surface area contributed by atoms with E-state index in [0.717, 1.165) is 0 Å². The minimum absolute atomic E-state index is 0.307. The van der Waals surface area contributed by atoms with Crippen molar-refractivity contribution < 1.29 is 18.3 Å². The van der Waals surface area contributed by atoms with Crippen LogP contribution in [-0.2, 0) is 0 Å². The third-order valence-electron chi connectivity index (χ3n) is 2.06. The van der Waals surface area contributed by atoms with Crippen LogP contribution in [0.3, 0.4) is 0 Å². The molecule has 0 aliphatic heterocycles. The Bertz CT molecular complexity index is 386. The molecule has 1 rings (SSSR count). The molecule has 96 valence electrons. The molecule has 17 heavy (non-hydrogen) atoms. The van der Waals surface area contributed by atoms with Gasteiger partial charge in [0.1, 0.15) is 0 Å². The van der Waals surface area contributed by atoms with Crippen LogP contribution in [-0.4, -0.2) is 24.4 Å². The van der Waals surface area contributed by atoms with Crippen LogP contribution < -0.4 is 5.32 Å². The first-order valence-electron chi connectivity index (χ1n) is 4.69. The Morgan fingerprint density at radius 3 is 2.59 bits per heavy atom. The van der Waals surface area contributed by atoms with E-state index in [-0.39, 0.29) is 0 Å². The molecule has 0 saturated heterocycles. The second-order valence-electron chi connectivity index (χ2n) is 3.40. The van der Waals surface area contributed by atoms with E-state index in [1.165, 1.54) is 0 Å². The summed E-state index contributed by atoms with van der Waals surface area (Å²) < 4.78 is 36.9. The summed E-state index contributed by atoms with van der Waals surface area (Å²) in [5, 5.41) is 11.6. The molecule has 0 bridgehead atoms. The van der Waals surface area contributed by atoms with Crippen LogP contribution >= 0.6 is 27.5 Å². The van der Waals surface area contributed by atoms with Crippen molar-refractivity contribution in [3.63, 3.8) is 0 Å². The van der Waals surface area contributed by atoms with Crippen molar-refractivity contribution >= 4 is 27.5 Å². The molecule has 0 aliphatic carbocycles. The molecule has 0 spiro atoms. The molecule has 7 heteroatoms. The number of aliphatic hydroxyl groups excluding tert-OH is 1. The van der Waals surface area contributed by atoms with Gasteiger partial charge in [0.05, 0.1) is 19.2 Å². The lowest BCUT2D eigenvalue weighted by molar-refractivity contribution is -0.126. The summed E-state index contributed by atoms with van der Waals surface area (Å²) in [5.74, 6) is 0. The van der Waals surface area contributed by atoms with Gasteiger partial charge in [0.2, 0.25) is 0 Å². The zero-order valence-corrected chi connectivity index (χ0v) is 10.9. The number of alkyl halides is 3. The number of benzene rings is 1. The molecular weight excluding hydrogens is 322 g/mol. The van der Waals surface area contributed by atoms with Gasteiger partial charge in [0, 0.05) is 9.50 Å². The minimum atomic E-state index is -4.33. The summed E-state index contributed by atoms with van der Waals surface area (Å²) >= 11 is 9.06. The summed E-state index contributed by atoms with van der Waals surface area (Å²) in [6, 6.07) is 3.96. The number of halogens is 5. The van der Waals surface area contributed by atoms with Crippen LogP contribution in [0.4, 0.5) is 13.2 Å². The highest BCUT2D eigenvalue weighted by Crippen LogP contribution is 2.27. The predicted molar refractivity (Wildman–Crippen MR) is 63.0 cm³/mol. The van der Waals surface area contributed by atoms with Gasteiger partial charge in [-0.05, 0) is 23.8 Å². The number of aliphatic hydroxyl groups is 1. The van der Waals surface area contributed by atoms with Gasteiger partial charge in [-0.2, -0.15) is 13.2 Å². The number of nitrogens with one attached hydrogen (secondary N) is 1. The van der Waals surface area contributed by atoms with E-state index in [2.05, 4.69) is 21.2 Å². The molecule has 0 fully saturated rings. The molecular formula is C10H10BrClF3NO. The predicted octanol–water partition coefficient (Wildman–Crippen LogP) is 3.29. The lowest BCUT2D eigenvalue weighted by atomic mass is 10.1. The maximum absolute atomic E-state index is 12.1. The minimum Gasteiger partial charge on any atom is -0.394 e. The van der Waals surface area contributed by atoms with Crippen LogP contribution in [0.1, 0.15) is 11.6 Å². The molecule has 1 atom stereocenters. The van der Waals surface area contributed by atoms with E-state index >= 15 is 0 Å². The van der Waals surface area contributed by atoms with E-state index in [9.17, 15) is 13.2 Å². The fraction of sp³-hybridized carbons (Fsp3) is 0.400. The fourth-order valence-electron chi connectivity index (χ4n) is 1.29. The average Bonchev–Trinajstić information content (AvgIpc) is 2.22. The summed E-state index contributed by atoms with van der Waals surface area (Å²) in [6.45, 7) is -1.65. The fourth-order valence-corrected chi connectivity index (χ4v) is 1.92. The molecule has 1 aromatic rings. The summed E-state index contributed by atoms with van der Waals surface area (Å²) in [6.07, 6.45) is -4.33. The van der Waals surface area contributed by atoms with Crippen LogP contribution in [0.2, 0.25) is 5.02 Å². The molecule has 2 N–H and O–H groups in total. The first kappa shape index (κ1) is 14.8. The first-order valence-corrected chi connectivity index (χ1v) is 5.86. The Morgan fingerprint density at radius 1 is 1.41 bits per heavy atom. The maximum Gasteiger partial charge on any atom is 0.401 e. The molecule has 1 unspecified atom stereocenters. The van der Waals surface area contributed by atoms with Crippen molar-refractivity contribution in [3.05, 3.63) is 33.3 Å². The zero-order chi connectivity index (χ0) is 13.1. The Labute approximate surface area is 110 Å². The Morgan fingerprint density at radius 2 is 2.06 bits per heavy atom. The van der Waals surface area contributed by atoms with Crippen molar-refractivity contribution in [2.45, 2.75) is 12.2 Å². The van der Waals surface area contributed by atoms with Crippen molar-refractivity contribution in [3.8, 4) is 0 Å². The molecule has 0 heterocycles. The molecule has 1 aromatic carbocycles. The van der Waals surface area contributed by atoms with Crippen LogP contribution in [0.5, 0.6) is 0 Å². The zero-order valence-electron chi connectivity index (χ0n) is 8.56. The molecule has 0 aliphatic rings. The third kappa shape index (κ3) is 4.83. The summed E-state index contributed by atoms with van der Waals surface area (Å²) in [4.78, 5) is 0. The van der Waals surface area contributed by atoms with Crippen LogP contribution in [0.15, 0.2) is 22.7 Å². The van der Waals surface area contributed by atoms with E-state index in [1.54, 1.807) is 18.2 Å². The van der Waals surface area contributed by atoms with Gasteiger partial charge >= 0.3 is 6.18 Å². The van der Waals surface area contributed by atoms with Gasteiger partial charge in [-0.25, -0.2) is 0 Å². The summed E-state index contributed by atoms with van der Waals surface area (Å²) in [7, 11) is 0. The standard InChI is InChI=1S/C10H10BrClF3NO/c11-6-1-2-8(12)7(3-6)9(4-17)16-5-10(13,14)15/h1-3,9,16-17H,4-5H2. The van der Waals surface area contributed by atoms with Gasteiger partial charge in [-0.3, -0.25) is 5.32 Å². The maximum atomic E-state index is 12.1. The van der Waals surface area contributed by atoms with Crippen molar-refractivity contribution in [2.75, 3.05) is 13.2 Å². The van der Waals surface area contributed by atoms with E-state index in [0.29, 0.717) is 15.1 Å². The van der Waals surface area contributed by atoms with Gasteiger partial charge < -0.3 is 5.11 Å². The number of hydrogen-bond acceptors (Lipinski definition) is 2. The smallest absolute Gasteiger partial charge is 0.394 e. The van der Waals surface area contributed by atoms with Crippen molar-refractivity contribution in [1.82, 2.24) is 5.32 Å². The van der Waals surface area contributed by atoms with Gasteiger partial charge in [0.15, 0.2) is 0 Å². The molecule has 2 nitrogen and oxygen atoms in total. The van der Waals surface area contributed by atoms with Crippen LogP contribution in [0.25, 0.3) is 0 Å². The summed E-state index contributed by atoms with van der Waals surface area (Å²) in [5.41, 5.74) is 0.424. The highest BCUT2D eigenvalue weighted by atomic mass is 79.9. The lowest BCUT2D eigenvalue weighted by Gasteiger charge is -2.19. The topological polar surface area (TPSA) is 32.3 Å². The average molecular weight is 333 g/mol. The monoisotopic (exact) mass is 331 g/mol. The van der Waals surface area contributed by atoms with Crippen molar-refractivity contribution in [2.24, 2.45) is 0 Å². The second-order valence-corrected chi connectivity index (χ2v) is 4.72. The molecule has 0 saturated carbocycles. The SMILES string of the molecule is OCC(NCC(F)(F)F)c1cc(Br)ccc1Cl. The first-order chi connectivity index (χ1) is 7.83. The van der Waals surface area contributed by atoms with Gasteiger partial charge in [-0.1, -0.05) is 27.5 Å². The van der Waals surface area contributed by atoms with E-state index in [4.69, 9.17) is 16.7 Å². The highest BCUT2D eigenvalue weighted by molar-refractivity contribution is 9.10.